The van der Waals surface area contributed by atoms with E-state index in [9.17, 15) is 23.1 Å². The second-order valence-electron chi connectivity index (χ2n) is 4.95. The third-order valence-electron chi connectivity index (χ3n) is 3.13. The van der Waals surface area contributed by atoms with Gasteiger partial charge in [-0.05, 0) is 18.6 Å². The van der Waals surface area contributed by atoms with Crippen molar-refractivity contribution < 1.29 is 33.0 Å². The van der Waals surface area contributed by atoms with Gasteiger partial charge < -0.3 is 20.3 Å². The Morgan fingerprint density at radius 3 is 2.64 bits per heavy atom. The summed E-state index contributed by atoms with van der Waals surface area (Å²) in [6.45, 7) is -0.588. The fraction of sp³-hybridized carbons (Fsp3) is 0.385. The molecule has 0 saturated carbocycles. The Balaban J connectivity index is 1.84. The Labute approximate surface area is 126 Å². The quantitative estimate of drug-likeness (QED) is 0.638. The zero-order valence-electron chi connectivity index (χ0n) is 11.5. The van der Waals surface area contributed by atoms with Gasteiger partial charge >= 0.3 is 5.97 Å². The Morgan fingerprint density at radius 1 is 1.32 bits per heavy atom. The number of sulfone groups is 1. The summed E-state index contributed by atoms with van der Waals surface area (Å²) < 4.78 is 27.2. The summed E-state index contributed by atoms with van der Waals surface area (Å²) in [5, 5.41) is 21.1. The van der Waals surface area contributed by atoms with E-state index in [-0.39, 0.29) is 22.8 Å². The molecule has 1 saturated heterocycles. The summed E-state index contributed by atoms with van der Waals surface area (Å²) in [4.78, 5) is 23.3. The van der Waals surface area contributed by atoms with Gasteiger partial charge in [0.2, 0.25) is 0 Å². The first kappa shape index (κ1) is 16.1. The highest BCUT2D eigenvalue weighted by Crippen LogP contribution is 2.23. The van der Waals surface area contributed by atoms with Gasteiger partial charge in [-0.25, -0.2) is 13.2 Å². The minimum atomic E-state index is -3.10. The van der Waals surface area contributed by atoms with Gasteiger partial charge in [0.25, 0.3) is 5.91 Å². The average molecular weight is 329 g/mol. The number of amides is 1. The number of nitrogens with one attached hydrogen (secondary N) is 1. The molecule has 3 N–H and O–H groups in total. The summed E-state index contributed by atoms with van der Waals surface area (Å²) in [5.74, 6) is -2.31. The van der Waals surface area contributed by atoms with Gasteiger partial charge in [-0.2, -0.15) is 0 Å². The largest absolute Gasteiger partial charge is 0.508 e. The van der Waals surface area contributed by atoms with Gasteiger partial charge in [-0.3, -0.25) is 4.79 Å². The molecule has 1 atom stereocenters. The van der Waals surface area contributed by atoms with Crippen LogP contribution in [0, 0.1) is 0 Å². The first-order valence-corrected chi connectivity index (χ1v) is 8.28. The summed E-state index contributed by atoms with van der Waals surface area (Å²) in [6.07, 6.45) is 0.334. The van der Waals surface area contributed by atoms with Crippen LogP contribution in [0.4, 0.5) is 0 Å². The number of hydrogen-bond donors (Lipinski definition) is 3. The number of ether oxygens (including phenoxy) is 1. The number of hydrogen-bond acceptors (Lipinski definition) is 7. The fourth-order valence-electron chi connectivity index (χ4n) is 2.08. The number of carbonyl (C=O) groups excluding carboxylic acids is 2. The van der Waals surface area contributed by atoms with Crippen molar-refractivity contribution in [3.05, 3.63) is 23.8 Å². The van der Waals surface area contributed by atoms with Crippen molar-refractivity contribution in [2.75, 3.05) is 18.1 Å². The lowest BCUT2D eigenvalue weighted by atomic mass is 10.2. The molecule has 9 heteroatoms. The second kappa shape index (κ2) is 6.22. The van der Waals surface area contributed by atoms with Crippen LogP contribution in [0.2, 0.25) is 0 Å². The molecule has 1 aromatic rings. The Kier molecular flexibility index (Phi) is 4.55. The van der Waals surface area contributed by atoms with Crippen LogP contribution in [0.5, 0.6) is 11.5 Å². The zero-order chi connectivity index (χ0) is 16.3. The SMILES string of the molecule is O=C(COC(=O)c1ccc(O)cc1O)N[C@@H]1CCS(=O)(=O)C1. The lowest BCUT2D eigenvalue weighted by Crippen LogP contribution is -2.38. The maximum atomic E-state index is 11.7. The van der Waals surface area contributed by atoms with Crippen LogP contribution in [0.1, 0.15) is 16.8 Å². The smallest absolute Gasteiger partial charge is 0.342 e. The number of rotatable bonds is 4. The normalized spacial score (nSPS) is 19.5. The summed E-state index contributed by atoms with van der Waals surface area (Å²) in [7, 11) is -3.10. The molecule has 2 rings (SSSR count). The van der Waals surface area contributed by atoms with Crippen molar-refractivity contribution >= 4 is 21.7 Å². The highest BCUT2D eigenvalue weighted by atomic mass is 32.2. The van der Waals surface area contributed by atoms with E-state index in [2.05, 4.69) is 5.32 Å². The standard InChI is InChI=1S/C13H15NO7S/c15-9-1-2-10(11(16)5-9)13(18)21-6-12(17)14-8-3-4-22(19,20)7-8/h1-2,5,8,15-16H,3-4,6-7H2,(H,14,17)/t8-/m1/s1. The van der Waals surface area contributed by atoms with E-state index in [1.54, 1.807) is 0 Å². The monoisotopic (exact) mass is 329 g/mol. The van der Waals surface area contributed by atoms with E-state index >= 15 is 0 Å². The van der Waals surface area contributed by atoms with Crippen LogP contribution in [-0.4, -0.2) is 54.7 Å². The van der Waals surface area contributed by atoms with Gasteiger partial charge in [0.1, 0.15) is 17.1 Å². The number of esters is 1. The molecule has 0 aliphatic carbocycles. The third kappa shape index (κ3) is 4.10. The molecule has 22 heavy (non-hydrogen) atoms. The molecule has 1 aromatic carbocycles. The van der Waals surface area contributed by atoms with E-state index < -0.39 is 40.1 Å². The van der Waals surface area contributed by atoms with Crippen LogP contribution >= 0.6 is 0 Å². The van der Waals surface area contributed by atoms with Crippen molar-refractivity contribution in [1.29, 1.82) is 0 Å². The highest BCUT2D eigenvalue weighted by molar-refractivity contribution is 7.91. The molecule has 8 nitrogen and oxygen atoms in total. The van der Waals surface area contributed by atoms with E-state index in [4.69, 9.17) is 9.84 Å². The molecule has 1 aliphatic rings. The summed E-state index contributed by atoms with van der Waals surface area (Å²) >= 11 is 0. The predicted molar refractivity (Wildman–Crippen MR) is 75.3 cm³/mol. The van der Waals surface area contributed by atoms with Crippen molar-refractivity contribution in [3.8, 4) is 11.5 Å². The lowest BCUT2D eigenvalue weighted by molar-refractivity contribution is -0.124. The Hall–Kier alpha value is -2.29. The highest BCUT2D eigenvalue weighted by Gasteiger charge is 2.29. The summed E-state index contributed by atoms with van der Waals surface area (Å²) in [6, 6.07) is 2.85. The molecule has 0 spiro atoms. The first-order valence-electron chi connectivity index (χ1n) is 6.46. The number of carbonyl (C=O) groups is 2. The number of phenolic OH excluding ortho intramolecular Hbond substituents is 2. The molecule has 0 radical (unpaired) electrons. The van der Waals surface area contributed by atoms with Gasteiger partial charge in [-0.1, -0.05) is 0 Å². The molecule has 0 aromatic heterocycles. The van der Waals surface area contributed by atoms with Crippen molar-refractivity contribution in [3.63, 3.8) is 0 Å². The van der Waals surface area contributed by atoms with Crippen LogP contribution in [0.25, 0.3) is 0 Å². The van der Waals surface area contributed by atoms with Crippen molar-refractivity contribution in [2.24, 2.45) is 0 Å². The zero-order valence-corrected chi connectivity index (χ0v) is 12.3. The van der Waals surface area contributed by atoms with E-state index in [0.29, 0.717) is 6.42 Å². The van der Waals surface area contributed by atoms with Gasteiger partial charge in [0, 0.05) is 12.1 Å². The molecule has 1 fully saturated rings. The minimum absolute atomic E-state index is 0.0269. The molecular weight excluding hydrogens is 314 g/mol. The Bertz CT molecular complexity index is 698. The molecule has 1 amide bonds. The third-order valence-corrected chi connectivity index (χ3v) is 4.90. The minimum Gasteiger partial charge on any atom is -0.508 e. The molecular formula is C13H15NO7S. The maximum absolute atomic E-state index is 11.7. The molecule has 1 heterocycles. The molecule has 0 bridgehead atoms. The van der Waals surface area contributed by atoms with Crippen molar-refractivity contribution in [1.82, 2.24) is 5.32 Å². The predicted octanol–water partition coefficient (Wildman–Crippen LogP) is -0.442. The van der Waals surface area contributed by atoms with Gasteiger partial charge in [0.05, 0.1) is 11.5 Å². The van der Waals surface area contributed by atoms with Crippen LogP contribution in [0.15, 0.2) is 18.2 Å². The fourth-order valence-corrected chi connectivity index (χ4v) is 3.75. The summed E-state index contributed by atoms with van der Waals surface area (Å²) in [5.41, 5.74) is -0.186. The maximum Gasteiger partial charge on any atom is 0.342 e. The van der Waals surface area contributed by atoms with Crippen LogP contribution in [-0.2, 0) is 19.4 Å². The topological polar surface area (TPSA) is 130 Å². The lowest BCUT2D eigenvalue weighted by Gasteiger charge is -2.11. The first-order chi connectivity index (χ1) is 10.3. The molecule has 120 valence electrons. The average Bonchev–Trinajstić information content (AvgIpc) is 2.75. The number of phenols is 2. The molecule has 1 aliphatic heterocycles. The van der Waals surface area contributed by atoms with Crippen LogP contribution in [0.3, 0.4) is 0 Å². The van der Waals surface area contributed by atoms with Crippen LogP contribution < -0.4 is 5.32 Å². The van der Waals surface area contributed by atoms with E-state index in [0.717, 1.165) is 12.1 Å². The van der Waals surface area contributed by atoms with E-state index in [1.165, 1.54) is 6.07 Å². The number of benzene rings is 1. The number of aromatic hydroxyl groups is 2. The van der Waals surface area contributed by atoms with Crippen molar-refractivity contribution in [2.45, 2.75) is 12.5 Å². The molecule has 0 unspecified atom stereocenters. The second-order valence-corrected chi connectivity index (χ2v) is 7.17. The van der Waals surface area contributed by atoms with Gasteiger partial charge in [0.15, 0.2) is 16.4 Å². The Morgan fingerprint density at radius 2 is 2.05 bits per heavy atom. The van der Waals surface area contributed by atoms with Gasteiger partial charge in [-0.15, -0.1) is 0 Å². The van der Waals surface area contributed by atoms with E-state index in [1.807, 2.05) is 0 Å².